The SMILES string of the molecule is CCCCCCCCCCCCCCCC(=O)C(OC(C)=O)C(O)CO. The van der Waals surface area contributed by atoms with E-state index in [9.17, 15) is 14.7 Å². The Labute approximate surface area is 159 Å². The number of hydrogen-bond acceptors (Lipinski definition) is 5. The van der Waals surface area contributed by atoms with Crippen LogP contribution in [0.5, 0.6) is 0 Å². The van der Waals surface area contributed by atoms with Crippen molar-refractivity contribution in [3.05, 3.63) is 0 Å². The number of carbonyl (C=O) groups excluding carboxylic acids is 2. The van der Waals surface area contributed by atoms with E-state index in [1.165, 1.54) is 71.1 Å². The van der Waals surface area contributed by atoms with Crippen LogP contribution in [0.15, 0.2) is 0 Å². The lowest BCUT2D eigenvalue weighted by Crippen LogP contribution is -2.40. The molecule has 154 valence electrons. The van der Waals surface area contributed by atoms with E-state index in [1.54, 1.807) is 0 Å². The lowest BCUT2D eigenvalue weighted by molar-refractivity contribution is -0.161. The van der Waals surface area contributed by atoms with Gasteiger partial charge in [0, 0.05) is 13.3 Å². The first-order chi connectivity index (χ1) is 12.5. The van der Waals surface area contributed by atoms with E-state index in [0.29, 0.717) is 0 Å². The lowest BCUT2D eigenvalue weighted by atomic mass is 10.0. The summed E-state index contributed by atoms with van der Waals surface area (Å²) in [6.45, 7) is 2.84. The fourth-order valence-electron chi connectivity index (χ4n) is 3.09. The molecule has 2 unspecified atom stereocenters. The Morgan fingerprint density at radius 3 is 1.62 bits per heavy atom. The Morgan fingerprint density at radius 2 is 1.23 bits per heavy atom. The van der Waals surface area contributed by atoms with Crippen LogP contribution in [0, 0.1) is 0 Å². The second-order valence-electron chi connectivity index (χ2n) is 7.24. The van der Waals surface area contributed by atoms with Gasteiger partial charge < -0.3 is 14.9 Å². The molecule has 2 atom stereocenters. The maximum Gasteiger partial charge on any atom is 0.303 e. The van der Waals surface area contributed by atoms with Gasteiger partial charge in [0.15, 0.2) is 11.9 Å². The minimum Gasteiger partial charge on any atom is -0.452 e. The van der Waals surface area contributed by atoms with E-state index < -0.39 is 24.8 Å². The zero-order valence-electron chi connectivity index (χ0n) is 16.9. The third-order valence-corrected chi connectivity index (χ3v) is 4.67. The first kappa shape index (κ1) is 25.1. The highest BCUT2D eigenvalue weighted by Crippen LogP contribution is 2.14. The Bertz CT molecular complexity index is 356. The molecule has 26 heavy (non-hydrogen) atoms. The molecule has 0 aliphatic rings. The Morgan fingerprint density at radius 1 is 0.808 bits per heavy atom. The molecule has 0 aromatic heterocycles. The van der Waals surface area contributed by atoms with E-state index in [-0.39, 0.29) is 12.2 Å². The van der Waals surface area contributed by atoms with Crippen LogP contribution in [0.1, 0.15) is 104 Å². The van der Waals surface area contributed by atoms with E-state index in [4.69, 9.17) is 9.84 Å². The Hall–Kier alpha value is -0.940. The molecule has 0 saturated heterocycles. The molecule has 0 saturated carbocycles. The van der Waals surface area contributed by atoms with Gasteiger partial charge in [-0.05, 0) is 6.42 Å². The molecule has 0 rings (SSSR count). The molecule has 0 aliphatic carbocycles. The fraction of sp³-hybridized carbons (Fsp3) is 0.905. The van der Waals surface area contributed by atoms with Crippen molar-refractivity contribution in [2.24, 2.45) is 0 Å². The van der Waals surface area contributed by atoms with Crippen LogP contribution < -0.4 is 0 Å². The van der Waals surface area contributed by atoms with Crippen LogP contribution in [0.3, 0.4) is 0 Å². The predicted octanol–water partition coefficient (Wildman–Crippen LogP) is 4.32. The number of esters is 1. The Kier molecular flexibility index (Phi) is 16.8. The molecule has 5 nitrogen and oxygen atoms in total. The molecule has 0 spiro atoms. The van der Waals surface area contributed by atoms with Gasteiger partial charge >= 0.3 is 5.97 Å². The molecule has 0 aromatic carbocycles. The molecular formula is C21H40O5. The number of rotatable bonds is 18. The van der Waals surface area contributed by atoms with Gasteiger partial charge in [-0.2, -0.15) is 0 Å². The minimum absolute atomic E-state index is 0.271. The number of unbranched alkanes of at least 4 members (excludes halogenated alkanes) is 12. The van der Waals surface area contributed by atoms with E-state index in [2.05, 4.69) is 6.92 Å². The van der Waals surface area contributed by atoms with Gasteiger partial charge in [-0.25, -0.2) is 0 Å². The molecule has 0 heterocycles. The highest BCUT2D eigenvalue weighted by Gasteiger charge is 2.28. The van der Waals surface area contributed by atoms with Crippen molar-refractivity contribution < 1.29 is 24.5 Å². The van der Waals surface area contributed by atoms with Gasteiger partial charge in [0.1, 0.15) is 6.10 Å². The van der Waals surface area contributed by atoms with Crippen molar-refractivity contribution in [3.8, 4) is 0 Å². The number of Topliss-reactive ketones (excluding diaryl/α,β-unsaturated/α-hetero) is 1. The van der Waals surface area contributed by atoms with E-state index in [1.807, 2.05) is 0 Å². The van der Waals surface area contributed by atoms with Gasteiger partial charge in [-0.1, -0.05) is 84.0 Å². The van der Waals surface area contributed by atoms with Crippen LogP contribution in [0.2, 0.25) is 0 Å². The maximum atomic E-state index is 12.0. The molecule has 5 heteroatoms. The second kappa shape index (κ2) is 17.5. The highest BCUT2D eigenvalue weighted by atomic mass is 16.6. The highest BCUT2D eigenvalue weighted by molar-refractivity contribution is 5.85. The van der Waals surface area contributed by atoms with Crippen LogP contribution in [0.4, 0.5) is 0 Å². The monoisotopic (exact) mass is 372 g/mol. The van der Waals surface area contributed by atoms with Gasteiger partial charge in [-0.3, -0.25) is 9.59 Å². The summed E-state index contributed by atoms with van der Waals surface area (Å²) in [5.41, 5.74) is 0. The largest absolute Gasteiger partial charge is 0.452 e. The van der Waals surface area contributed by atoms with E-state index >= 15 is 0 Å². The zero-order valence-corrected chi connectivity index (χ0v) is 16.9. The number of aliphatic hydroxyl groups is 2. The van der Waals surface area contributed by atoms with E-state index in [0.717, 1.165) is 19.3 Å². The number of ketones is 1. The first-order valence-electron chi connectivity index (χ1n) is 10.5. The summed E-state index contributed by atoms with van der Waals surface area (Å²) in [6.07, 6.45) is 13.7. The fourth-order valence-corrected chi connectivity index (χ4v) is 3.09. The van der Waals surface area contributed by atoms with Crippen molar-refractivity contribution in [3.63, 3.8) is 0 Å². The molecule has 0 aliphatic heterocycles. The minimum atomic E-state index is -1.34. The maximum absolute atomic E-state index is 12.0. The Balaban J connectivity index is 3.58. The summed E-state index contributed by atoms with van der Waals surface area (Å²) in [5, 5.41) is 18.6. The van der Waals surface area contributed by atoms with Crippen molar-refractivity contribution in [1.82, 2.24) is 0 Å². The number of aliphatic hydroxyl groups excluding tert-OH is 2. The summed E-state index contributed by atoms with van der Waals surface area (Å²) in [7, 11) is 0. The standard InChI is InChI=1S/C21H40O5/c1-3-4-5-6-7-8-9-10-11-12-13-14-15-16-19(24)21(20(25)17-22)26-18(2)23/h20-22,25H,3-17H2,1-2H3. The van der Waals surface area contributed by atoms with Crippen LogP contribution in [-0.4, -0.2) is 40.8 Å². The molecule has 0 radical (unpaired) electrons. The first-order valence-corrected chi connectivity index (χ1v) is 10.5. The van der Waals surface area contributed by atoms with Crippen LogP contribution >= 0.6 is 0 Å². The van der Waals surface area contributed by atoms with Gasteiger partial charge in [0.05, 0.1) is 6.61 Å². The number of carbonyl (C=O) groups is 2. The molecule has 0 aromatic rings. The number of hydrogen-bond donors (Lipinski definition) is 2. The van der Waals surface area contributed by atoms with Crippen molar-refractivity contribution >= 4 is 11.8 Å². The average Bonchev–Trinajstić information content (AvgIpc) is 2.62. The predicted molar refractivity (Wildman–Crippen MR) is 104 cm³/mol. The average molecular weight is 373 g/mol. The number of ether oxygens (including phenoxy) is 1. The summed E-state index contributed by atoms with van der Waals surface area (Å²) >= 11 is 0. The van der Waals surface area contributed by atoms with Crippen LogP contribution in [0.25, 0.3) is 0 Å². The lowest BCUT2D eigenvalue weighted by Gasteiger charge is -2.19. The van der Waals surface area contributed by atoms with Gasteiger partial charge in [0.25, 0.3) is 0 Å². The zero-order chi connectivity index (χ0) is 19.6. The molecular weight excluding hydrogens is 332 g/mol. The summed E-state index contributed by atoms with van der Waals surface area (Å²) in [5.74, 6) is -0.939. The quantitative estimate of drug-likeness (QED) is 0.276. The van der Waals surface area contributed by atoms with Crippen molar-refractivity contribution in [1.29, 1.82) is 0 Å². The molecule has 2 N–H and O–H groups in total. The summed E-state index contributed by atoms with van der Waals surface area (Å²) in [4.78, 5) is 23.0. The van der Waals surface area contributed by atoms with Crippen LogP contribution in [-0.2, 0) is 14.3 Å². The third kappa shape index (κ3) is 14.3. The second-order valence-corrected chi connectivity index (χ2v) is 7.24. The topological polar surface area (TPSA) is 83.8 Å². The normalized spacial score (nSPS) is 13.4. The summed E-state index contributed by atoms with van der Waals surface area (Å²) < 4.78 is 4.83. The summed E-state index contributed by atoms with van der Waals surface area (Å²) in [6, 6.07) is 0. The van der Waals surface area contributed by atoms with Crippen molar-refractivity contribution in [2.75, 3.05) is 6.61 Å². The molecule has 0 amide bonds. The van der Waals surface area contributed by atoms with Gasteiger partial charge in [0.2, 0.25) is 0 Å². The van der Waals surface area contributed by atoms with Crippen molar-refractivity contribution in [2.45, 2.75) is 116 Å². The smallest absolute Gasteiger partial charge is 0.303 e. The third-order valence-electron chi connectivity index (χ3n) is 4.67. The van der Waals surface area contributed by atoms with Gasteiger partial charge in [-0.15, -0.1) is 0 Å². The molecule has 0 bridgehead atoms. The molecule has 0 fully saturated rings.